The fourth-order valence-corrected chi connectivity index (χ4v) is 3.36. The first-order valence-electron chi connectivity index (χ1n) is 12.5. The summed E-state index contributed by atoms with van der Waals surface area (Å²) in [6, 6.07) is 9.38. The number of rotatable bonds is 13. The summed E-state index contributed by atoms with van der Waals surface area (Å²) in [6.07, 6.45) is 13.8. The number of amides is 3. The Bertz CT molecular complexity index is 1060. The van der Waals surface area contributed by atoms with Gasteiger partial charge in [-0.1, -0.05) is 105 Å². The van der Waals surface area contributed by atoms with Crippen LogP contribution in [0.15, 0.2) is 89.7 Å². The van der Waals surface area contributed by atoms with Crippen molar-refractivity contribution in [3.8, 4) is 0 Å². The molecule has 0 aliphatic heterocycles. The molecule has 7 nitrogen and oxygen atoms in total. The van der Waals surface area contributed by atoms with Crippen LogP contribution in [0.25, 0.3) is 0 Å². The van der Waals surface area contributed by atoms with E-state index in [1.165, 1.54) is 17.8 Å². The minimum absolute atomic E-state index is 0.324. The Hall–Kier alpha value is -3.58. The summed E-state index contributed by atoms with van der Waals surface area (Å²) in [5.41, 5.74) is 6.89. The lowest BCUT2D eigenvalue weighted by Crippen LogP contribution is -2.52. The largest absolute Gasteiger partial charge is 0.446 e. The Morgan fingerprint density at radius 1 is 1.03 bits per heavy atom. The van der Waals surface area contributed by atoms with E-state index in [4.69, 9.17) is 22.1 Å². The fraction of sp³-hybridized carbons (Fsp3) is 0.367. The number of carbonyl (C=O) groups excluding carboxylic acids is 3. The Kier molecular flexibility index (Phi) is 14.5. The summed E-state index contributed by atoms with van der Waals surface area (Å²) >= 11 is 5.84. The second-order valence-corrected chi connectivity index (χ2v) is 10.5. The van der Waals surface area contributed by atoms with E-state index in [2.05, 4.69) is 28.8 Å². The monoisotopic (exact) mass is 541 g/mol. The normalized spacial score (nSPS) is 14.6. The maximum Gasteiger partial charge on any atom is 0.404 e. The Morgan fingerprint density at radius 3 is 2.29 bits per heavy atom. The number of hydrogen-bond donors (Lipinski definition) is 3. The number of halogens is 1. The van der Waals surface area contributed by atoms with Gasteiger partial charge in [0.25, 0.3) is 0 Å². The van der Waals surface area contributed by atoms with Crippen molar-refractivity contribution in [2.45, 2.75) is 66.0 Å². The smallest absolute Gasteiger partial charge is 0.404 e. The van der Waals surface area contributed by atoms with E-state index in [1.807, 2.05) is 52.0 Å². The van der Waals surface area contributed by atoms with Crippen molar-refractivity contribution in [3.63, 3.8) is 0 Å². The molecule has 0 unspecified atom stereocenters. The third-order valence-corrected chi connectivity index (χ3v) is 5.48. The van der Waals surface area contributed by atoms with Crippen LogP contribution < -0.4 is 16.4 Å². The Balaban J connectivity index is 2.66. The van der Waals surface area contributed by atoms with Crippen LogP contribution in [0.4, 0.5) is 4.79 Å². The van der Waals surface area contributed by atoms with Crippen molar-refractivity contribution >= 4 is 29.5 Å². The Labute approximate surface area is 231 Å². The molecule has 0 spiro atoms. The van der Waals surface area contributed by atoms with Gasteiger partial charge in [-0.15, -0.1) is 0 Å². The van der Waals surface area contributed by atoms with Gasteiger partial charge in [-0.2, -0.15) is 0 Å². The molecule has 0 fully saturated rings. The maximum absolute atomic E-state index is 12.8. The van der Waals surface area contributed by atoms with Gasteiger partial charge in [0.1, 0.15) is 12.1 Å². The SMILES string of the molecule is C/C(Cl)=C\C[C@@H](C/C=C\NC(=O)[C@@H](NC(=O)\C=C/C=C\C(C)=C\Cc1ccccc1)C(C)(C)C)OC(N)=O. The van der Waals surface area contributed by atoms with Crippen molar-refractivity contribution in [1.82, 2.24) is 10.6 Å². The van der Waals surface area contributed by atoms with Gasteiger partial charge in [-0.05, 0) is 37.4 Å². The fourth-order valence-electron chi connectivity index (χ4n) is 3.27. The zero-order valence-corrected chi connectivity index (χ0v) is 23.6. The third-order valence-electron chi connectivity index (χ3n) is 5.32. The molecule has 0 aliphatic carbocycles. The molecule has 4 N–H and O–H groups in total. The highest BCUT2D eigenvalue weighted by molar-refractivity contribution is 6.29. The molecule has 1 rings (SSSR count). The predicted octanol–water partition coefficient (Wildman–Crippen LogP) is 5.84. The van der Waals surface area contributed by atoms with Crippen LogP contribution in [0.3, 0.4) is 0 Å². The molecule has 0 bridgehead atoms. The second-order valence-electron chi connectivity index (χ2n) is 9.90. The van der Waals surface area contributed by atoms with E-state index >= 15 is 0 Å². The van der Waals surface area contributed by atoms with Crippen molar-refractivity contribution < 1.29 is 19.1 Å². The molecule has 1 aromatic rings. The first kappa shape index (κ1) is 32.4. The van der Waals surface area contributed by atoms with Gasteiger partial charge < -0.3 is 21.1 Å². The molecule has 0 radical (unpaired) electrons. The maximum atomic E-state index is 12.8. The molecule has 8 heteroatoms. The molecular formula is C30H40ClN3O4. The molecule has 206 valence electrons. The molecule has 0 heterocycles. The number of benzene rings is 1. The van der Waals surface area contributed by atoms with Gasteiger partial charge in [0, 0.05) is 23.9 Å². The zero-order valence-electron chi connectivity index (χ0n) is 22.9. The quantitative estimate of drug-likeness (QED) is 0.215. The lowest BCUT2D eigenvalue weighted by molar-refractivity contribution is -0.129. The van der Waals surface area contributed by atoms with Crippen LogP contribution in [0.2, 0.25) is 0 Å². The van der Waals surface area contributed by atoms with E-state index in [9.17, 15) is 14.4 Å². The summed E-state index contributed by atoms with van der Waals surface area (Å²) < 4.78 is 5.06. The van der Waals surface area contributed by atoms with Crippen molar-refractivity contribution in [3.05, 3.63) is 95.2 Å². The average Bonchev–Trinajstić information content (AvgIpc) is 2.84. The first-order chi connectivity index (χ1) is 17.9. The van der Waals surface area contributed by atoms with Crippen LogP contribution in [0.5, 0.6) is 0 Å². The highest BCUT2D eigenvalue weighted by Crippen LogP contribution is 2.19. The topological polar surface area (TPSA) is 111 Å². The molecule has 2 atom stereocenters. The van der Waals surface area contributed by atoms with Crippen LogP contribution in [-0.4, -0.2) is 30.1 Å². The van der Waals surface area contributed by atoms with E-state index < -0.39 is 23.7 Å². The first-order valence-corrected chi connectivity index (χ1v) is 12.9. The van der Waals surface area contributed by atoms with E-state index in [0.29, 0.717) is 17.9 Å². The summed E-state index contributed by atoms with van der Waals surface area (Å²) in [6.45, 7) is 9.31. The van der Waals surface area contributed by atoms with Gasteiger partial charge in [0.05, 0.1) is 0 Å². The standard InChI is InChI=1S/C30H40ClN3O4/c1-22(17-19-24-13-7-6-8-14-24)12-9-10-16-26(35)34-27(30(3,4)5)28(36)33-21-11-15-25(38-29(32)37)20-18-23(2)31/h6-14,16-18,21,25,27H,15,19-20H2,1-5H3,(H2,32,37)(H,33,36)(H,34,35)/b12-9-,16-10-,21-11-,22-17+,23-18+/t25-,27-/m1/s1. The number of carbonyl (C=O) groups is 3. The van der Waals surface area contributed by atoms with Crippen LogP contribution in [0, 0.1) is 5.41 Å². The molecule has 0 saturated heterocycles. The summed E-state index contributed by atoms with van der Waals surface area (Å²) in [4.78, 5) is 36.4. The number of primary amides is 1. The molecule has 0 aromatic heterocycles. The average molecular weight is 542 g/mol. The highest BCUT2D eigenvalue weighted by atomic mass is 35.5. The second kappa shape index (κ2) is 17.0. The number of nitrogens with one attached hydrogen (secondary N) is 2. The van der Waals surface area contributed by atoms with E-state index in [0.717, 1.165) is 12.0 Å². The minimum Gasteiger partial charge on any atom is -0.446 e. The number of allylic oxidation sites excluding steroid dienone is 6. The molecule has 0 saturated carbocycles. The van der Waals surface area contributed by atoms with Gasteiger partial charge in [0.2, 0.25) is 11.8 Å². The number of ether oxygens (including phenoxy) is 1. The summed E-state index contributed by atoms with van der Waals surface area (Å²) in [5.74, 6) is -0.743. The van der Waals surface area contributed by atoms with Crippen LogP contribution >= 0.6 is 11.6 Å². The highest BCUT2D eigenvalue weighted by Gasteiger charge is 2.31. The van der Waals surface area contributed by atoms with Gasteiger partial charge in [-0.25, -0.2) is 4.79 Å². The molecule has 38 heavy (non-hydrogen) atoms. The van der Waals surface area contributed by atoms with E-state index in [-0.39, 0.29) is 11.8 Å². The summed E-state index contributed by atoms with van der Waals surface area (Å²) in [5, 5.41) is 6.03. The molecular weight excluding hydrogens is 502 g/mol. The van der Waals surface area contributed by atoms with Gasteiger partial charge in [0.15, 0.2) is 0 Å². The van der Waals surface area contributed by atoms with Crippen LogP contribution in [-0.2, 0) is 20.7 Å². The van der Waals surface area contributed by atoms with Crippen molar-refractivity contribution in [1.29, 1.82) is 0 Å². The van der Waals surface area contributed by atoms with Gasteiger partial charge >= 0.3 is 6.09 Å². The molecule has 3 amide bonds. The summed E-state index contributed by atoms with van der Waals surface area (Å²) in [7, 11) is 0. The van der Waals surface area contributed by atoms with Crippen molar-refractivity contribution in [2.75, 3.05) is 0 Å². The zero-order chi connectivity index (χ0) is 28.6. The number of nitrogens with two attached hydrogens (primary N) is 1. The lowest BCUT2D eigenvalue weighted by atomic mass is 9.86. The lowest BCUT2D eigenvalue weighted by Gasteiger charge is -2.29. The predicted molar refractivity (Wildman–Crippen MR) is 154 cm³/mol. The van der Waals surface area contributed by atoms with Gasteiger partial charge in [-0.3, -0.25) is 9.59 Å². The Morgan fingerprint density at radius 2 is 1.68 bits per heavy atom. The number of hydrogen-bond acceptors (Lipinski definition) is 4. The minimum atomic E-state index is -0.884. The molecule has 0 aliphatic rings. The third kappa shape index (κ3) is 14.9. The van der Waals surface area contributed by atoms with Crippen LogP contribution in [0.1, 0.15) is 53.0 Å². The van der Waals surface area contributed by atoms with Crippen molar-refractivity contribution in [2.24, 2.45) is 11.1 Å². The molecule has 1 aromatic carbocycles. The van der Waals surface area contributed by atoms with E-state index in [1.54, 1.807) is 31.2 Å².